The highest BCUT2D eigenvalue weighted by Crippen LogP contribution is 2.36. The molecule has 25 heavy (non-hydrogen) atoms. The fourth-order valence-corrected chi connectivity index (χ4v) is 3.64. The standard InChI is InChI=1S/C20H20N4O/c1-25-16-6-3-9-24(13-16)18-7-8-22-20-19(18)17(12-23-20)15-5-2-4-14(10-15)11-21/h2,4-5,7-8,10,12,16H,3,6,9,13H2,1H3,(H,22,23). The van der Waals surface area contributed by atoms with Crippen molar-refractivity contribution in [1.82, 2.24) is 9.97 Å². The van der Waals surface area contributed by atoms with Crippen molar-refractivity contribution in [1.29, 1.82) is 5.26 Å². The Kier molecular flexibility index (Phi) is 4.12. The molecular formula is C20H20N4O. The number of aromatic nitrogens is 2. The number of benzene rings is 1. The van der Waals surface area contributed by atoms with Crippen molar-refractivity contribution in [2.75, 3.05) is 25.1 Å². The molecule has 0 radical (unpaired) electrons. The van der Waals surface area contributed by atoms with E-state index < -0.39 is 0 Å². The smallest absolute Gasteiger partial charge is 0.139 e. The second-order valence-electron chi connectivity index (χ2n) is 6.39. The van der Waals surface area contributed by atoms with E-state index in [1.165, 1.54) is 5.69 Å². The highest BCUT2D eigenvalue weighted by molar-refractivity contribution is 6.02. The van der Waals surface area contributed by atoms with Crippen molar-refractivity contribution in [3.63, 3.8) is 0 Å². The molecule has 0 aliphatic carbocycles. The number of hydrogen-bond acceptors (Lipinski definition) is 4. The summed E-state index contributed by atoms with van der Waals surface area (Å²) in [6.07, 6.45) is 6.31. The van der Waals surface area contributed by atoms with Gasteiger partial charge in [0.1, 0.15) is 5.65 Å². The Morgan fingerprint density at radius 1 is 1.36 bits per heavy atom. The quantitative estimate of drug-likeness (QED) is 0.794. The molecule has 0 spiro atoms. The molecule has 1 atom stereocenters. The van der Waals surface area contributed by atoms with E-state index in [0.29, 0.717) is 5.56 Å². The van der Waals surface area contributed by atoms with Gasteiger partial charge < -0.3 is 14.6 Å². The average Bonchev–Trinajstić information content (AvgIpc) is 3.12. The highest BCUT2D eigenvalue weighted by atomic mass is 16.5. The van der Waals surface area contributed by atoms with Gasteiger partial charge in [-0.15, -0.1) is 0 Å². The summed E-state index contributed by atoms with van der Waals surface area (Å²) in [7, 11) is 1.78. The lowest BCUT2D eigenvalue weighted by Crippen LogP contribution is -2.39. The fourth-order valence-electron chi connectivity index (χ4n) is 3.64. The van der Waals surface area contributed by atoms with Crippen LogP contribution in [0.1, 0.15) is 18.4 Å². The molecule has 3 heterocycles. The lowest BCUT2D eigenvalue weighted by atomic mass is 10.0. The van der Waals surface area contributed by atoms with Gasteiger partial charge in [0.25, 0.3) is 0 Å². The maximum absolute atomic E-state index is 9.20. The highest BCUT2D eigenvalue weighted by Gasteiger charge is 2.23. The second kappa shape index (κ2) is 6.58. The molecule has 1 N–H and O–H groups in total. The predicted molar refractivity (Wildman–Crippen MR) is 98.5 cm³/mol. The molecule has 4 rings (SSSR count). The first-order valence-electron chi connectivity index (χ1n) is 8.54. The first-order valence-corrected chi connectivity index (χ1v) is 8.54. The van der Waals surface area contributed by atoms with E-state index in [9.17, 15) is 5.26 Å². The monoisotopic (exact) mass is 332 g/mol. The molecule has 0 amide bonds. The number of hydrogen-bond donors (Lipinski definition) is 1. The Balaban J connectivity index is 1.83. The predicted octanol–water partition coefficient (Wildman–Crippen LogP) is 3.72. The van der Waals surface area contributed by atoms with Crippen LogP contribution in [0.15, 0.2) is 42.7 Å². The molecule has 2 aromatic heterocycles. The zero-order chi connectivity index (χ0) is 17.2. The summed E-state index contributed by atoms with van der Waals surface area (Å²) in [5, 5.41) is 10.3. The molecule has 0 saturated carbocycles. The lowest BCUT2D eigenvalue weighted by molar-refractivity contribution is 0.0894. The minimum absolute atomic E-state index is 0.265. The van der Waals surface area contributed by atoms with E-state index in [1.54, 1.807) is 7.11 Å². The normalized spacial score (nSPS) is 17.6. The number of piperidine rings is 1. The molecule has 1 aromatic carbocycles. The van der Waals surface area contributed by atoms with Crippen LogP contribution in [0.4, 0.5) is 5.69 Å². The lowest BCUT2D eigenvalue weighted by Gasteiger charge is -2.34. The molecule has 5 heteroatoms. The minimum atomic E-state index is 0.265. The number of fused-ring (bicyclic) bond motifs is 1. The third-order valence-electron chi connectivity index (χ3n) is 4.91. The summed E-state index contributed by atoms with van der Waals surface area (Å²) < 4.78 is 5.58. The van der Waals surface area contributed by atoms with Crippen molar-refractivity contribution < 1.29 is 4.74 Å². The van der Waals surface area contributed by atoms with Gasteiger partial charge in [-0.1, -0.05) is 12.1 Å². The maximum Gasteiger partial charge on any atom is 0.139 e. The van der Waals surface area contributed by atoms with Gasteiger partial charge in [0.05, 0.1) is 23.4 Å². The minimum Gasteiger partial charge on any atom is -0.380 e. The fraction of sp³-hybridized carbons (Fsp3) is 0.300. The largest absolute Gasteiger partial charge is 0.380 e. The summed E-state index contributed by atoms with van der Waals surface area (Å²) in [4.78, 5) is 10.1. The summed E-state index contributed by atoms with van der Waals surface area (Å²) in [5.41, 5.74) is 4.81. The van der Waals surface area contributed by atoms with Gasteiger partial charge >= 0.3 is 0 Å². The number of anilines is 1. The topological polar surface area (TPSA) is 64.9 Å². The zero-order valence-electron chi connectivity index (χ0n) is 14.2. The van der Waals surface area contributed by atoms with E-state index in [2.05, 4.69) is 27.0 Å². The Morgan fingerprint density at radius 2 is 2.28 bits per heavy atom. The Morgan fingerprint density at radius 3 is 3.12 bits per heavy atom. The van der Waals surface area contributed by atoms with E-state index >= 15 is 0 Å². The number of nitrogens with zero attached hydrogens (tertiary/aromatic N) is 3. The van der Waals surface area contributed by atoms with Crippen LogP contribution in [0.25, 0.3) is 22.2 Å². The number of pyridine rings is 1. The first-order chi connectivity index (χ1) is 12.3. The van der Waals surface area contributed by atoms with Crippen LogP contribution in [-0.4, -0.2) is 36.3 Å². The molecule has 126 valence electrons. The molecule has 1 aliphatic heterocycles. The summed E-state index contributed by atoms with van der Waals surface area (Å²) in [5.74, 6) is 0. The van der Waals surface area contributed by atoms with Crippen molar-refractivity contribution in [2.45, 2.75) is 18.9 Å². The SMILES string of the molecule is COC1CCCN(c2ccnc3[nH]cc(-c4cccc(C#N)c4)c23)C1. The van der Waals surface area contributed by atoms with Crippen molar-refractivity contribution in [3.8, 4) is 17.2 Å². The third-order valence-corrected chi connectivity index (χ3v) is 4.91. The molecule has 1 fully saturated rings. The van der Waals surface area contributed by atoms with Crippen molar-refractivity contribution in [2.24, 2.45) is 0 Å². The third kappa shape index (κ3) is 2.86. The molecule has 0 bridgehead atoms. The van der Waals surface area contributed by atoms with Gasteiger partial charge in [0.2, 0.25) is 0 Å². The number of H-pyrrole nitrogens is 1. The van der Waals surface area contributed by atoms with Crippen LogP contribution >= 0.6 is 0 Å². The van der Waals surface area contributed by atoms with Crippen LogP contribution in [0.3, 0.4) is 0 Å². The van der Waals surface area contributed by atoms with Crippen LogP contribution in [0.5, 0.6) is 0 Å². The number of aromatic amines is 1. The van der Waals surface area contributed by atoms with Gasteiger partial charge in [0.15, 0.2) is 0 Å². The van der Waals surface area contributed by atoms with E-state index in [-0.39, 0.29) is 6.10 Å². The van der Waals surface area contributed by atoms with Crippen LogP contribution < -0.4 is 4.90 Å². The van der Waals surface area contributed by atoms with Crippen LogP contribution in [0.2, 0.25) is 0 Å². The maximum atomic E-state index is 9.20. The van der Waals surface area contributed by atoms with E-state index in [1.807, 2.05) is 36.7 Å². The molecule has 1 unspecified atom stereocenters. The molecule has 3 aromatic rings. The Bertz CT molecular complexity index is 940. The van der Waals surface area contributed by atoms with E-state index in [4.69, 9.17) is 4.74 Å². The van der Waals surface area contributed by atoms with Gasteiger partial charge in [0, 0.05) is 43.5 Å². The summed E-state index contributed by atoms with van der Waals surface area (Å²) in [6.45, 7) is 1.90. The van der Waals surface area contributed by atoms with Crippen LogP contribution in [0, 0.1) is 11.3 Å². The summed E-state index contributed by atoms with van der Waals surface area (Å²) >= 11 is 0. The molecule has 1 aliphatic rings. The number of methoxy groups -OCH3 is 1. The number of nitrogens with one attached hydrogen (secondary N) is 1. The van der Waals surface area contributed by atoms with E-state index in [0.717, 1.165) is 48.1 Å². The Labute approximate surface area is 146 Å². The number of rotatable bonds is 3. The zero-order valence-corrected chi connectivity index (χ0v) is 14.2. The van der Waals surface area contributed by atoms with Gasteiger partial charge in [-0.2, -0.15) is 5.26 Å². The molecular weight excluding hydrogens is 312 g/mol. The number of ether oxygens (including phenoxy) is 1. The van der Waals surface area contributed by atoms with Crippen LogP contribution in [-0.2, 0) is 4.74 Å². The number of nitriles is 1. The average molecular weight is 332 g/mol. The first kappa shape index (κ1) is 15.7. The van der Waals surface area contributed by atoms with Crippen molar-refractivity contribution >= 4 is 16.7 Å². The molecule has 5 nitrogen and oxygen atoms in total. The van der Waals surface area contributed by atoms with Gasteiger partial charge in [-0.25, -0.2) is 4.98 Å². The Hall–Kier alpha value is -2.84. The second-order valence-corrected chi connectivity index (χ2v) is 6.39. The van der Waals surface area contributed by atoms with Gasteiger partial charge in [-0.3, -0.25) is 0 Å². The molecule has 1 saturated heterocycles. The summed E-state index contributed by atoms with van der Waals surface area (Å²) in [6, 6.07) is 12.0. The van der Waals surface area contributed by atoms with Crippen molar-refractivity contribution in [3.05, 3.63) is 48.3 Å². The van der Waals surface area contributed by atoms with Gasteiger partial charge in [-0.05, 0) is 36.6 Å².